The van der Waals surface area contributed by atoms with Crippen molar-refractivity contribution in [3.8, 4) is 6.07 Å². The van der Waals surface area contributed by atoms with E-state index in [-0.39, 0.29) is 53.0 Å². The first-order valence-electron chi connectivity index (χ1n) is 17.0. The van der Waals surface area contributed by atoms with E-state index in [4.69, 9.17) is 0 Å². The summed E-state index contributed by atoms with van der Waals surface area (Å²) >= 11 is 0. The van der Waals surface area contributed by atoms with Crippen LogP contribution in [0.4, 0.5) is 19.0 Å². The van der Waals surface area contributed by atoms with Crippen molar-refractivity contribution in [1.82, 2.24) is 39.0 Å². The molecule has 0 aliphatic heterocycles. The number of aromatic nitrogens is 8. The van der Waals surface area contributed by atoms with Gasteiger partial charge in [-0.1, -0.05) is 0 Å². The van der Waals surface area contributed by atoms with Gasteiger partial charge in [0, 0.05) is 36.4 Å². The van der Waals surface area contributed by atoms with Crippen molar-refractivity contribution in [2.75, 3.05) is 11.9 Å². The molecule has 0 fully saturated rings. The summed E-state index contributed by atoms with van der Waals surface area (Å²) in [4.78, 5) is 113. The summed E-state index contributed by atoms with van der Waals surface area (Å²) in [6, 6.07) is 7.71. The fourth-order valence-electron chi connectivity index (χ4n) is 4.80. The monoisotopic (exact) mass is 837 g/mol. The van der Waals surface area contributed by atoms with E-state index in [0.29, 0.717) is 12.0 Å². The average molecular weight is 838 g/mol. The third-order valence-corrected chi connectivity index (χ3v) is 7.70. The Morgan fingerprint density at radius 2 is 1.55 bits per heavy atom. The van der Waals surface area contributed by atoms with Crippen molar-refractivity contribution in [2.45, 2.75) is 52.9 Å². The van der Waals surface area contributed by atoms with Crippen molar-refractivity contribution in [3.05, 3.63) is 153 Å². The van der Waals surface area contributed by atoms with E-state index in [0.717, 1.165) is 44.4 Å². The quantitative estimate of drug-likeness (QED) is 0.0488. The van der Waals surface area contributed by atoms with E-state index in [1.807, 2.05) is 0 Å². The minimum absolute atomic E-state index is 0.000931. The lowest BCUT2D eigenvalue weighted by Crippen LogP contribution is -2.41. The average Bonchev–Trinajstić information content (AvgIpc) is 3.20. The maximum absolute atomic E-state index is 14.4. The van der Waals surface area contributed by atoms with Gasteiger partial charge in [-0.05, 0) is 39.0 Å². The highest BCUT2D eigenvalue weighted by atomic mass is 19.3. The van der Waals surface area contributed by atoms with E-state index >= 15 is 0 Å². The van der Waals surface area contributed by atoms with Gasteiger partial charge in [0.1, 0.15) is 41.4 Å². The van der Waals surface area contributed by atoms with Crippen LogP contribution < -0.4 is 43.2 Å². The van der Waals surface area contributed by atoms with Crippen LogP contribution in [0.15, 0.2) is 85.3 Å². The smallest absolute Gasteiger partial charge is 0.347 e. The predicted octanol–water partition coefficient (Wildman–Crippen LogP) is -0.825. The molecule has 5 heterocycles. The number of hydrogen-bond acceptors (Lipinski definition) is 14. The Hall–Kier alpha value is -8.10. The number of aryl methyl sites for hydroxylation is 1. The molecular weight excluding hydrogens is 803 g/mol. The summed E-state index contributed by atoms with van der Waals surface area (Å²) in [5, 5.41) is 25.3. The first-order chi connectivity index (χ1) is 28.3. The Morgan fingerprint density at radius 3 is 2.15 bits per heavy atom. The number of rotatable bonds is 13. The molecular formula is C36H34F3N11O10. The van der Waals surface area contributed by atoms with Crippen LogP contribution in [0.5, 0.6) is 0 Å². The van der Waals surface area contributed by atoms with E-state index in [2.05, 4.69) is 30.6 Å². The molecule has 5 aromatic rings. The lowest BCUT2D eigenvalue weighted by Gasteiger charge is -2.17. The zero-order valence-corrected chi connectivity index (χ0v) is 31.7. The number of nitrogens with one attached hydrogen (secondary N) is 4. The summed E-state index contributed by atoms with van der Waals surface area (Å²) in [6.45, 7) is 1.92. The first kappa shape index (κ1) is 46.3. The van der Waals surface area contributed by atoms with Crippen molar-refractivity contribution in [2.24, 2.45) is 0 Å². The Kier molecular flexibility index (Phi) is 16.1. The van der Waals surface area contributed by atoms with Crippen LogP contribution >= 0.6 is 0 Å². The SMILES string of the molecule is CC(=O)Cn1c(C)c[nH]c(=O)c1=O.CC(=O)Cn1c(C=O)c[nH]c(=O)c1=O.N#Cc1cnc(NCC(F)(F)c2cccc[n+]2[O-])c(=O)n1CC(=O)NCc1ncccc1F. The summed E-state index contributed by atoms with van der Waals surface area (Å²) in [7, 11) is 0. The van der Waals surface area contributed by atoms with Gasteiger partial charge in [-0.3, -0.25) is 61.8 Å². The summed E-state index contributed by atoms with van der Waals surface area (Å²) in [5.74, 6) is -6.05. The van der Waals surface area contributed by atoms with Crippen molar-refractivity contribution < 1.29 is 37.1 Å². The fourth-order valence-corrected chi connectivity index (χ4v) is 4.80. The van der Waals surface area contributed by atoms with Crippen molar-refractivity contribution >= 4 is 29.6 Å². The highest BCUT2D eigenvalue weighted by Gasteiger charge is 2.39. The predicted molar refractivity (Wildman–Crippen MR) is 201 cm³/mol. The standard InChI is InChI=1S/C20H16F3N7O3.C8H8N2O4.C8H10N2O3/c21-14-4-3-6-25-15(14)10-26-17(31)11-29-13(8-24)9-27-18(19(29)32)28-12-20(22,23)16-5-1-2-7-30(16)33;1-5(12)3-10-6(4-11)2-9-7(13)8(10)14;1-5-3-9-7(12)8(13)10(5)4-6(2)11/h1-7,9H,10-12H2,(H,26,31)(H,27,28);2,4H,3H2,1H3,(H,9,13);3H,4H2,1-2H3,(H,9,12). The number of aldehydes is 1. The minimum atomic E-state index is -3.65. The molecule has 5 rings (SSSR count). The van der Waals surface area contributed by atoms with Gasteiger partial charge < -0.3 is 25.8 Å². The molecule has 60 heavy (non-hydrogen) atoms. The summed E-state index contributed by atoms with van der Waals surface area (Å²) < 4.78 is 45.2. The number of aromatic amines is 2. The molecule has 4 N–H and O–H groups in total. The number of nitriles is 1. The normalized spacial score (nSPS) is 10.5. The molecule has 0 atom stereocenters. The molecule has 0 radical (unpaired) electrons. The van der Waals surface area contributed by atoms with Gasteiger partial charge in [-0.15, -0.1) is 0 Å². The zero-order chi connectivity index (χ0) is 44.7. The number of hydrogen-bond donors (Lipinski definition) is 4. The van der Waals surface area contributed by atoms with E-state index in [1.54, 1.807) is 13.0 Å². The zero-order valence-electron chi connectivity index (χ0n) is 31.7. The molecule has 1 amide bonds. The molecule has 314 valence electrons. The highest BCUT2D eigenvalue weighted by Crippen LogP contribution is 2.24. The number of nitrogens with zero attached hydrogens (tertiary/aromatic N) is 7. The number of anilines is 1. The topological polar surface area (TPSA) is 301 Å². The number of carbonyl (C=O) groups is 4. The number of halogens is 3. The van der Waals surface area contributed by atoms with Crippen LogP contribution in [0.25, 0.3) is 0 Å². The number of H-pyrrole nitrogens is 2. The second kappa shape index (κ2) is 20.9. The van der Waals surface area contributed by atoms with E-state index in [1.165, 1.54) is 44.4 Å². The van der Waals surface area contributed by atoms with E-state index < -0.39 is 70.0 Å². The van der Waals surface area contributed by atoms with Gasteiger partial charge in [0.25, 0.3) is 11.3 Å². The Labute approximate surface area is 334 Å². The molecule has 0 aliphatic rings. The van der Waals surface area contributed by atoms with Crippen LogP contribution in [-0.2, 0) is 46.5 Å². The third kappa shape index (κ3) is 12.4. The second-order valence-corrected chi connectivity index (χ2v) is 12.3. The molecule has 21 nitrogen and oxygen atoms in total. The molecule has 0 saturated heterocycles. The maximum atomic E-state index is 14.4. The summed E-state index contributed by atoms with van der Waals surface area (Å²) in [6.07, 6.45) is 6.09. The lowest BCUT2D eigenvalue weighted by molar-refractivity contribution is -0.624. The van der Waals surface area contributed by atoms with Gasteiger partial charge in [-0.25, -0.2) is 9.37 Å². The number of amides is 1. The second-order valence-electron chi connectivity index (χ2n) is 12.3. The van der Waals surface area contributed by atoms with Crippen LogP contribution in [0.1, 0.15) is 47.1 Å². The van der Waals surface area contributed by atoms with Crippen LogP contribution in [0.3, 0.4) is 0 Å². The fraction of sp³-hybridized carbons (Fsp3) is 0.250. The molecule has 0 unspecified atom stereocenters. The third-order valence-electron chi connectivity index (χ3n) is 7.70. The van der Waals surface area contributed by atoms with Gasteiger partial charge in [0.2, 0.25) is 5.91 Å². The number of pyridine rings is 2. The summed E-state index contributed by atoms with van der Waals surface area (Å²) in [5.41, 5.74) is -4.76. The molecule has 0 saturated carbocycles. The Morgan fingerprint density at radius 1 is 0.917 bits per heavy atom. The van der Waals surface area contributed by atoms with Crippen LogP contribution in [0, 0.1) is 29.3 Å². The Bertz CT molecular complexity index is 2750. The highest BCUT2D eigenvalue weighted by molar-refractivity contribution is 5.78. The van der Waals surface area contributed by atoms with Crippen LogP contribution in [-0.4, -0.2) is 63.9 Å². The number of Topliss-reactive ketones (excluding diaryl/α,β-unsaturated/α-hetero) is 2. The number of alkyl halides is 2. The van der Waals surface area contributed by atoms with Crippen molar-refractivity contribution in [1.29, 1.82) is 5.26 Å². The van der Waals surface area contributed by atoms with Crippen molar-refractivity contribution in [3.63, 3.8) is 0 Å². The van der Waals surface area contributed by atoms with Crippen LogP contribution in [0.2, 0.25) is 0 Å². The van der Waals surface area contributed by atoms with Gasteiger partial charge in [0.05, 0.1) is 38.1 Å². The molecule has 24 heteroatoms. The number of carbonyl (C=O) groups excluding carboxylic acids is 4. The Balaban J connectivity index is 0.000000291. The lowest BCUT2D eigenvalue weighted by atomic mass is 10.2. The molecule has 0 spiro atoms. The molecule has 0 aromatic carbocycles. The number of ketones is 2. The first-order valence-corrected chi connectivity index (χ1v) is 17.0. The molecule has 5 aromatic heterocycles. The molecule has 0 aliphatic carbocycles. The molecule has 0 bridgehead atoms. The van der Waals surface area contributed by atoms with Gasteiger partial charge >= 0.3 is 28.2 Å². The largest absolute Gasteiger partial charge is 0.618 e. The maximum Gasteiger partial charge on any atom is 0.347 e. The van der Waals surface area contributed by atoms with Gasteiger partial charge in [0.15, 0.2) is 18.3 Å². The van der Waals surface area contributed by atoms with E-state index in [9.17, 15) is 66.8 Å². The van der Waals surface area contributed by atoms with Gasteiger partial charge in [-0.2, -0.15) is 18.8 Å². The minimum Gasteiger partial charge on any atom is -0.618 e.